The fourth-order valence-corrected chi connectivity index (χ4v) is 3.06. The van der Waals surface area contributed by atoms with Gasteiger partial charge in [-0.25, -0.2) is 4.98 Å². The van der Waals surface area contributed by atoms with E-state index >= 15 is 0 Å². The van der Waals surface area contributed by atoms with Crippen LogP contribution in [0.1, 0.15) is 18.0 Å². The van der Waals surface area contributed by atoms with Gasteiger partial charge in [0.25, 0.3) is 0 Å². The second-order valence-corrected chi connectivity index (χ2v) is 6.45. The molecule has 0 radical (unpaired) electrons. The summed E-state index contributed by atoms with van der Waals surface area (Å²) in [6.07, 6.45) is 2.10. The van der Waals surface area contributed by atoms with Crippen molar-refractivity contribution in [1.29, 1.82) is 0 Å². The maximum Gasteiger partial charge on any atom is 0.313 e. The van der Waals surface area contributed by atoms with Crippen LogP contribution in [-0.2, 0) is 9.59 Å². The van der Waals surface area contributed by atoms with Crippen molar-refractivity contribution in [3.8, 4) is 17.4 Å². The number of amides is 2. The van der Waals surface area contributed by atoms with Gasteiger partial charge >= 0.3 is 11.8 Å². The summed E-state index contributed by atoms with van der Waals surface area (Å²) in [6.45, 7) is 0.480. The molecule has 29 heavy (non-hydrogen) atoms. The van der Waals surface area contributed by atoms with Crippen LogP contribution in [0.3, 0.4) is 0 Å². The molecule has 0 aliphatic carbocycles. The lowest BCUT2D eigenvalue weighted by molar-refractivity contribution is -0.136. The smallest absolute Gasteiger partial charge is 0.313 e. The summed E-state index contributed by atoms with van der Waals surface area (Å²) in [5.41, 5.74) is 1.28. The molecular weight excluding hydrogens is 370 g/mol. The molecule has 7 nitrogen and oxygen atoms in total. The zero-order valence-corrected chi connectivity index (χ0v) is 15.5. The molecule has 1 aliphatic rings. The number of carbonyl (C=O) groups excluding carboxylic acids is 2. The summed E-state index contributed by atoms with van der Waals surface area (Å²) in [6, 6.07) is 19.5. The average molecular weight is 389 g/mol. The van der Waals surface area contributed by atoms with Gasteiger partial charge in [-0.1, -0.05) is 36.4 Å². The minimum Gasteiger partial charge on any atom is -0.493 e. The molecule has 2 amide bonds. The van der Waals surface area contributed by atoms with Crippen LogP contribution in [0.25, 0.3) is 0 Å². The van der Waals surface area contributed by atoms with Gasteiger partial charge in [-0.2, -0.15) is 0 Å². The lowest BCUT2D eigenvalue weighted by Crippen LogP contribution is -2.39. The summed E-state index contributed by atoms with van der Waals surface area (Å²) in [7, 11) is 0. The van der Waals surface area contributed by atoms with Gasteiger partial charge in [-0.15, -0.1) is 0 Å². The highest BCUT2D eigenvalue weighted by Crippen LogP contribution is 2.31. The summed E-state index contributed by atoms with van der Waals surface area (Å²) in [5.74, 6) is 0.188. The van der Waals surface area contributed by atoms with Gasteiger partial charge in [-0.3, -0.25) is 9.59 Å². The monoisotopic (exact) mass is 389 g/mol. The van der Waals surface area contributed by atoms with Gasteiger partial charge in [0, 0.05) is 29.9 Å². The zero-order valence-electron chi connectivity index (χ0n) is 15.5. The molecule has 2 N–H and O–H groups in total. The molecule has 7 heteroatoms. The maximum absolute atomic E-state index is 12.4. The van der Waals surface area contributed by atoms with Gasteiger partial charge in [-0.05, 0) is 24.3 Å². The van der Waals surface area contributed by atoms with Gasteiger partial charge in [0.05, 0.1) is 12.6 Å². The third-order valence-corrected chi connectivity index (χ3v) is 4.43. The Morgan fingerprint density at radius 3 is 2.66 bits per heavy atom. The number of carbonyl (C=O) groups is 2. The second kappa shape index (κ2) is 8.43. The van der Waals surface area contributed by atoms with Gasteiger partial charge in [0.2, 0.25) is 5.88 Å². The number of nitrogens with zero attached hydrogens (tertiary/aromatic N) is 1. The van der Waals surface area contributed by atoms with E-state index in [1.54, 1.807) is 24.3 Å². The highest BCUT2D eigenvalue weighted by Gasteiger charge is 2.25. The first-order chi connectivity index (χ1) is 14.2. The summed E-state index contributed by atoms with van der Waals surface area (Å²) in [4.78, 5) is 28.9. The van der Waals surface area contributed by atoms with Crippen LogP contribution in [0.15, 0.2) is 72.9 Å². The fraction of sp³-hybridized carbons (Fsp3) is 0.136. The first-order valence-electron chi connectivity index (χ1n) is 9.21. The van der Waals surface area contributed by atoms with Gasteiger partial charge < -0.3 is 20.1 Å². The van der Waals surface area contributed by atoms with Crippen LogP contribution < -0.4 is 20.1 Å². The first kappa shape index (κ1) is 18.5. The Morgan fingerprint density at radius 1 is 1.00 bits per heavy atom. The van der Waals surface area contributed by atoms with E-state index in [-0.39, 0.29) is 6.04 Å². The van der Waals surface area contributed by atoms with E-state index in [0.29, 0.717) is 30.3 Å². The minimum absolute atomic E-state index is 0.271. The molecule has 0 bridgehead atoms. The Hall–Kier alpha value is -3.87. The Bertz CT molecular complexity index is 1020. The lowest BCUT2D eigenvalue weighted by atomic mass is 10.0. The average Bonchev–Trinajstić information content (AvgIpc) is 2.75. The van der Waals surface area contributed by atoms with Crippen LogP contribution in [0, 0.1) is 0 Å². The van der Waals surface area contributed by atoms with E-state index in [1.165, 1.54) is 6.20 Å². The fourth-order valence-electron chi connectivity index (χ4n) is 3.06. The van der Waals surface area contributed by atoms with Crippen molar-refractivity contribution in [3.63, 3.8) is 0 Å². The summed E-state index contributed by atoms with van der Waals surface area (Å²) in [5, 5.41) is 5.35. The molecule has 1 atom stereocenters. The van der Waals surface area contributed by atoms with Crippen molar-refractivity contribution in [2.45, 2.75) is 12.5 Å². The molecule has 0 spiro atoms. The van der Waals surface area contributed by atoms with Gasteiger partial charge in [0.1, 0.15) is 11.5 Å². The number of ether oxygens (including phenoxy) is 2. The quantitative estimate of drug-likeness (QED) is 0.667. The van der Waals surface area contributed by atoms with Crippen molar-refractivity contribution in [1.82, 2.24) is 10.3 Å². The molecule has 4 rings (SSSR count). The molecule has 0 saturated carbocycles. The lowest BCUT2D eigenvalue weighted by Gasteiger charge is -2.26. The molecule has 1 aliphatic heterocycles. The van der Waals surface area contributed by atoms with E-state index in [9.17, 15) is 9.59 Å². The Morgan fingerprint density at radius 2 is 1.79 bits per heavy atom. The first-order valence-corrected chi connectivity index (χ1v) is 9.21. The van der Waals surface area contributed by atoms with Crippen LogP contribution in [0.5, 0.6) is 17.4 Å². The van der Waals surface area contributed by atoms with E-state index < -0.39 is 11.8 Å². The van der Waals surface area contributed by atoms with Crippen LogP contribution in [0.4, 0.5) is 5.69 Å². The van der Waals surface area contributed by atoms with E-state index in [4.69, 9.17) is 9.47 Å². The largest absolute Gasteiger partial charge is 0.493 e. The molecule has 146 valence electrons. The van der Waals surface area contributed by atoms with Crippen molar-refractivity contribution in [2.75, 3.05) is 11.9 Å². The predicted molar refractivity (Wildman–Crippen MR) is 107 cm³/mol. The highest BCUT2D eigenvalue weighted by molar-refractivity contribution is 6.39. The zero-order chi connectivity index (χ0) is 20.1. The Balaban J connectivity index is 1.39. The number of pyridine rings is 1. The third-order valence-electron chi connectivity index (χ3n) is 4.43. The van der Waals surface area contributed by atoms with Crippen LogP contribution in [-0.4, -0.2) is 23.4 Å². The number of anilines is 1. The predicted octanol–water partition coefficient (Wildman–Crippen LogP) is 3.45. The number of nitrogens with one attached hydrogen (secondary N) is 2. The molecule has 3 aromatic rings. The number of rotatable bonds is 4. The van der Waals surface area contributed by atoms with E-state index in [0.717, 1.165) is 11.3 Å². The maximum atomic E-state index is 12.4. The van der Waals surface area contributed by atoms with Crippen molar-refractivity contribution in [2.24, 2.45) is 0 Å². The molecule has 1 aromatic heterocycles. The number of fused-ring (bicyclic) bond motifs is 1. The van der Waals surface area contributed by atoms with E-state index in [2.05, 4.69) is 15.6 Å². The SMILES string of the molecule is O=C(Nc1ccnc(Oc2ccccc2)c1)C(=O)N[C@@H]1CCOc2ccccc21. The standard InChI is InChI=1S/C22H19N3O4/c26-21(22(27)25-18-11-13-28-19-9-5-4-8-17(18)19)24-15-10-12-23-20(14-15)29-16-6-2-1-3-7-16/h1-10,12,14,18H,11,13H2,(H,25,27)(H,23,24,26)/t18-/m1/s1. The van der Waals surface area contributed by atoms with Crippen LogP contribution in [0.2, 0.25) is 0 Å². The van der Waals surface area contributed by atoms with Gasteiger partial charge in [0.15, 0.2) is 0 Å². The number of aromatic nitrogens is 1. The molecule has 0 unspecified atom stereocenters. The molecular formula is C22H19N3O4. The van der Waals surface area contributed by atoms with Crippen molar-refractivity contribution >= 4 is 17.5 Å². The van der Waals surface area contributed by atoms with Crippen molar-refractivity contribution in [3.05, 3.63) is 78.5 Å². The molecule has 0 fully saturated rings. The Kier molecular flexibility index (Phi) is 5.38. The molecule has 2 aromatic carbocycles. The van der Waals surface area contributed by atoms with E-state index in [1.807, 2.05) is 42.5 Å². The summed E-state index contributed by atoms with van der Waals surface area (Å²) < 4.78 is 11.2. The van der Waals surface area contributed by atoms with Crippen molar-refractivity contribution < 1.29 is 19.1 Å². The number of hydrogen-bond donors (Lipinski definition) is 2. The summed E-state index contributed by atoms with van der Waals surface area (Å²) >= 11 is 0. The Labute approximate surface area is 167 Å². The second-order valence-electron chi connectivity index (χ2n) is 6.45. The highest BCUT2D eigenvalue weighted by atomic mass is 16.5. The molecule has 2 heterocycles. The number of benzene rings is 2. The van der Waals surface area contributed by atoms with Crippen LogP contribution >= 0.6 is 0 Å². The number of para-hydroxylation sites is 2. The topological polar surface area (TPSA) is 89.5 Å². The number of hydrogen-bond acceptors (Lipinski definition) is 5. The normalized spacial score (nSPS) is 14.8. The third kappa shape index (κ3) is 4.52. The molecule has 0 saturated heterocycles. The minimum atomic E-state index is -0.758.